The molecule has 33 heavy (non-hydrogen) atoms. The van der Waals surface area contributed by atoms with E-state index >= 15 is 0 Å². The summed E-state index contributed by atoms with van der Waals surface area (Å²) in [6, 6.07) is 8.70. The standard InChI is InChI=1S/C24H31NO7S/c1-15-9-16(2)14-25(13-15)23(27)12-20(17-5-7-19(8-6-17)33(28,29)30)24-21(26)10-18(31-3)11-22(24)32-4/h5-8,10-11,15-16,20,26H,9,12-14H2,1-4H3,(H,28,29,30). The van der Waals surface area contributed by atoms with Crippen LogP contribution in [-0.4, -0.2) is 56.2 Å². The molecule has 1 fully saturated rings. The summed E-state index contributed by atoms with van der Waals surface area (Å²) in [5.74, 6) is 0.782. The Balaban J connectivity index is 2.05. The van der Waals surface area contributed by atoms with E-state index < -0.39 is 16.0 Å². The number of rotatable bonds is 7. The maximum Gasteiger partial charge on any atom is 0.294 e. The lowest BCUT2D eigenvalue weighted by atomic mass is 9.85. The molecule has 1 heterocycles. The number of methoxy groups -OCH3 is 2. The van der Waals surface area contributed by atoms with Gasteiger partial charge in [0, 0.05) is 43.1 Å². The molecule has 3 rings (SSSR count). The number of hydrogen-bond donors (Lipinski definition) is 2. The van der Waals surface area contributed by atoms with Crippen LogP contribution in [-0.2, 0) is 14.9 Å². The van der Waals surface area contributed by atoms with Crippen LogP contribution in [0.15, 0.2) is 41.3 Å². The van der Waals surface area contributed by atoms with Crippen molar-refractivity contribution in [3.8, 4) is 17.2 Å². The van der Waals surface area contributed by atoms with Gasteiger partial charge in [0.05, 0.1) is 19.1 Å². The smallest absolute Gasteiger partial charge is 0.294 e. The van der Waals surface area contributed by atoms with Gasteiger partial charge in [0.2, 0.25) is 5.91 Å². The summed E-state index contributed by atoms with van der Waals surface area (Å²) in [7, 11) is -1.42. The summed E-state index contributed by atoms with van der Waals surface area (Å²) >= 11 is 0. The topological polar surface area (TPSA) is 113 Å². The summed E-state index contributed by atoms with van der Waals surface area (Å²) in [6.07, 6.45) is 1.12. The molecule has 9 heteroatoms. The van der Waals surface area contributed by atoms with Gasteiger partial charge in [0.1, 0.15) is 17.2 Å². The highest BCUT2D eigenvalue weighted by molar-refractivity contribution is 7.85. The van der Waals surface area contributed by atoms with E-state index in [1.54, 1.807) is 6.07 Å². The fourth-order valence-electron chi connectivity index (χ4n) is 4.65. The van der Waals surface area contributed by atoms with Crippen LogP contribution in [0.5, 0.6) is 17.2 Å². The zero-order valence-electron chi connectivity index (χ0n) is 19.3. The largest absolute Gasteiger partial charge is 0.507 e. The zero-order chi connectivity index (χ0) is 24.3. The Hall–Kier alpha value is -2.78. The van der Waals surface area contributed by atoms with Gasteiger partial charge >= 0.3 is 0 Å². The molecular formula is C24H31NO7S. The summed E-state index contributed by atoms with van der Waals surface area (Å²) in [5.41, 5.74) is 1.01. The van der Waals surface area contributed by atoms with Gasteiger partial charge in [-0.3, -0.25) is 9.35 Å². The van der Waals surface area contributed by atoms with E-state index in [2.05, 4.69) is 13.8 Å². The van der Waals surface area contributed by atoms with Crippen molar-refractivity contribution in [3.63, 3.8) is 0 Å². The van der Waals surface area contributed by atoms with Gasteiger partial charge in [-0.15, -0.1) is 0 Å². The van der Waals surface area contributed by atoms with Gasteiger partial charge < -0.3 is 19.5 Å². The van der Waals surface area contributed by atoms with Crippen molar-refractivity contribution >= 4 is 16.0 Å². The number of phenols is 1. The Kier molecular flexibility index (Phi) is 7.54. The third kappa shape index (κ3) is 5.78. The van der Waals surface area contributed by atoms with Gasteiger partial charge in [-0.2, -0.15) is 8.42 Å². The predicted octanol–water partition coefficient (Wildman–Crippen LogP) is 3.68. The first-order valence-electron chi connectivity index (χ1n) is 10.8. The van der Waals surface area contributed by atoms with Crippen molar-refractivity contribution in [2.45, 2.75) is 37.5 Å². The maximum absolute atomic E-state index is 13.3. The van der Waals surface area contributed by atoms with Crippen LogP contribution in [0.4, 0.5) is 0 Å². The fourth-order valence-corrected chi connectivity index (χ4v) is 5.13. The van der Waals surface area contributed by atoms with E-state index in [-0.39, 0.29) is 23.0 Å². The second kappa shape index (κ2) is 10.0. The molecule has 3 unspecified atom stereocenters. The number of hydrogen-bond acceptors (Lipinski definition) is 6. The van der Waals surface area contributed by atoms with Crippen molar-refractivity contribution in [1.82, 2.24) is 4.90 Å². The number of phenolic OH excluding ortho intramolecular Hbond substituents is 1. The van der Waals surface area contributed by atoms with Gasteiger partial charge in [0.25, 0.3) is 10.1 Å². The number of likely N-dealkylation sites (tertiary alicyclic amines) is 1. The Morgan fingerprint density at radius 3 is 2.21 bits per heavy atom. The van der Waals surface area contributed by atoms with Crippen LogP contribution < -0.4 is 9.47 Å². The number of carbonyl (C=O) groups excluding carboxylic acids is 1. The van der Waals surface area contributed by atoms with Crippen LogP contribution in [0.25, 0.3) is 0 Å². The molecule has 0 aliphatic carbocycles. The Morgan fingerprint density at radius 2 is 1.70 bits per heavy atom. The minimum atomic E-state index is -4.36. The lowest BCUT2D eigenvalue weighted by Crippen LogP contribution is -2.43. The summed E-state index contributed by atoms with van der Waals surface area (Å²) < 4.78 is 43.0. The highest BCUT2D eigenvalue weighted by atomic mass is 32.2. The van der Waals surface area contributed by atoms with Crippen molar-refractivity contribution in [1.29, 1.82) is 0 Å². The first-order chi connectivity index (χ1) is 15.5. The number of aromatic hydroxyl groups is 1. The zero-order valence-corrected chi connectivity index (χ0v) is 20.1. The van der Waals surface area contributed by atoms with Crippen LogP contribution in [0.3, 0.4) is 0 Å². The third-order valence-corrected chi connectivity index (χ3v) is 6.95. The Labute approximate surface area is 194 Å². The van der Waals surface area contributed by atoms with Crippen molar-refractivity contribution in [2.24, 2.45) is 11.8 Å². The highest BCUT2D eigenvalue weighted by Crippen LogP contribution is 2.43. The summed E-state index contributed by atoms with van der Waals surface area (Å²) in [6.45, 7) is 5.59. The highest BCUT2D eigenvalue weighted by Gasteiger charge is 2.31. The van der Waals surface area contributed by atoms with E-state index in [1.165, 1.54) is 44.6 Å². The number of nitrogens with zero attached hydrogens (tertiary/aromatic N) is 1. The molecule has 0 aromatic heterocycles. The first-order valence-corrected chi connectivity index (χ1v) is 12.3. The normalized spacial score (nSPS) is 19.7. The lowest BCUT2D eigenvalue weighted by molar-refractivity contribution is -0.134. The molecule has 3 atom stereocenters. The van der Waals surface area contributed by atoms with Gasteiger partial charge in [-0.1, -0.05) is 26.0 Å². The molecule has 1 aliphatic heterocycles. The van der Waals surface area contributed by atoms with Gasteiger partial charge in [-0.25, -0.2) is 0 Å². The molecule has 1 amide bonds. The van der Waals surface area contributed by atoms with Crippen LogP contribution in [0, 0.1) is 11.8 Å². The van der Waals surface area contributed by atoms with Crippen molar-refractivity contribution < 1.29 is 32.3 Å². The van der Waals surface area contributed by atoms with E-state index in [0.29, 0.717) is 47.6 Å². The monoisotopic (exact) mass is 477 g/mol. The van der Waals surface area contributed by atoms with E-state index in [4.69, 9.17) is 9.47 Å². The van der Waals surface area contributed by atoms with Crippen molar-refractivity contribution in [2.75, 3.05) is 27.3 Å². The van der Waals surface area contributed by atoms with Crippen LogP contribution in [0.2, 0.25) is 0 Å². The quantitative estimate of drug-likeness (QED) is 0.585. The molecule has 8 nitrogen and oxygen atoms in total. The molecule has 0 bridgehead atoms. The molecule has 2 aromatic rings. The Bertz CT molecular complexity index is 1090. The molecule has 1 aliphatic rings. The minimum absolute atomic E-state index is 0.0565. The molecular weight excluding hydrogens is 446 g/mol. The molecule has 0 radical (unpaired) electrons. The average Bonchev–Trinajstić information content (AvgIpc) is 2.76. The average molecular weight is 478 g/mol. The van der Waals surface area contributed by atoms with E-state index in [0.717, 1.165) is 6.42 Å². The Morgan fingerprint density at radius 1 is 1.09 bits per heavy atom. The van der Waals surface area contributed by atoms with E-state index in [1.807, 2.05) is 4.90 Å². The SMILES string of the molecule is COc1cc(O)c(C(CC(=O)N2CC(C)CC(C)C2)c2ccc(S(=O)(=O)O)cc2)c(OC)c1. The number of amides is 1. The van der Waals surface area contributed by atoms with Crippen LogP contribution in [0.1, 0.15) is 43.7 Å². The third-order valence-electron chi connectivity index (χ3n) is 6.08. The molecule has 2 aromatic carbocycles. The second-order valence-corrected chi connectivity index (χ2v) is 10.2. The minimum Gasteiger partial charge on any atom is -0.507 e. The summed E-state index contributed by atoms with van der Waals surface area (Å²) in [4.78, 5) is 15.0. The number of benzene rings is 2. The summed E-state index contributed by atoms with van der Waals surface area (Å²) in [5, 5.41) is 10.8. The molecule has 180 valence electrons. The molecule has 1 saturated heterocycles. The number of piperidine rings is 1. The predicted molar refractivity (Wildman–Crippen MR) is 123 cm³/mol. The first kappa shape index (κ1) is 24.9. The van der Waals surface area contributed by atoms with Gasteiger partial charge in [0.15, 0.2) is 0 Å². The van der Waals surface area contributed by atoms with Crippen molar-refractivity contribution in [3.05, 3.63) is 47.5 Å². The maximum atomic E-state index is 13.3. The molecule has 0 spiro atoms. The fraction of sp³-hybridized carbons (Fsp3) is 0.458. The lowest BCUT2D eigenvalue weighted by Gasteiger charge is -2.36. The molecule has 2 N–H and O–H groups in total. The van der Waals surface area contributed by atoms with E-state index in [9.17, 15) is 22.9 Å². The number of ether oxygens (including phenoxy) is 2. The van der Waals surface area contributed by atoms with Crippen LogP contribution >= 0.6 is 0 Å². The molecule has 0 saturated carbocycles. The van der Waals surface area contributed by atoms with Gasteiger partial charge in [-0.05, 0) is 36.0 Å². The number of carbonyl (C=O) groups is 1. The second-order valence-electron chi connectivity index (χ2n) is 8.81.